The Kier molecular flexibility index (Phi) is 5.68. The molecule has 1 heterocycles. The van der Waals surface area contributed by atoms with Gasteiger partial charge in [0.05, 0.1) is 6.54 Å². The van der Waals surface area contributed by atoms with Crippen molar-refractivity contribution in [3.8, 4) is 0 Å². The standard InChI is InChI=1S/C20H26N4O/c1-16-7-8-18(21)13-19(16)22-20(25)15-24-11-9-23(10-12-24)14-17-5-3-2-4-6-17/h2-8,13H,9-12,14-15,21H2,1H3,(H,22,25). The zero-order valence-electron chi connectivity index (χ0n) is 14.7. The first-order valence-corrected chi connectivity index (χ1v) is 8.75. The summed E-state index contributed by atoms with van der Waals surface area (Å²) < 4.78 is 0. The van der Waals surface area contributed by atoms with E-state index in [2.05, 4.69) is 39.4 Å². The van der Waals surface area contributed by atoms with Crippen molar-refractivity contribution in [3.05, 3.63) is 59.7 Å². The average molecular weight is 338 g/mol. The van der Waals surface area contributed by atoms with Gasteiger partial charge < -0.3 is 11.1 Å². The van der Waals surface area contributed by atoms with Crippen molar-refractivity contribution < 1.29 is 4.79 Å². The van der Waals surface area contributed by atoms with Crippen LogP contribution in [0.4, 0.5) is 11.4 Å². The van der Waals surface area contributed by atoms with E-state index in [1.165, 1.54) is 5.56 Å². The number of aryl methyl sites for hydroxylation is 1. The summed E-state index contributed by atoms with van der Waals surface area (Å²) in [5, 5.41) is 2.98. The van der Waals surface area contributed by atoms with Crippen molar-refractivity contribution in [3.63, 3.8) is 0 Å². The quantitative estimate of drug-likeness (QED) is 0.822. The topological polar surface area (TPSA) is 61.6 Å². The van der Waals surface area contributed by atoms with Crippen LogP contribution in [-0.2, 0) is 11.3 Å². The predicted octanol–water partition coefficient (Wildman–Crippen LogP) is 2.33. The summed E-state index contributed by atoms with van der Waals surface area (Å²) in [7, 11) is 0. The summed E-state index contributed by atoms with van der Waals surface area (Å²) in [6.07, 6.45) is 0. The zero-order chi connectivity index (χ0) is 17.6. The molecule has 0 bridgehead atoms. The first kappa shape index (κ1) is 17.5. The minimum absolute atomic E-state index is 0.0187. The Morgan fingerprint density at radius 1 is 1.04 bits per heavy atom. The molecule has 0 radical (unpaired) electrons. The number of nitrogen functional groups attached to an aromatic ring is 1. The summed E-state index contributed by atoms with van der Waals surface area (Å²) in [6.45, 7) is 7.17. The summed E-state index contributed by atoms with van der Waals surface area (Å²) in [6, 6.07) is 16.1. The van der Waals surface area contributed by atoms with Crippen LogP contribution in [0.1, 0.15) is 11.1 Å². The van der Waals surface area contributed by atoms with Gasteiger partial charge in [-0.15, -0.1) is 0 Å². The minimum Gasteiger partial charge on any atom is -0.399 e. The highest BCUT2D eigenvalue weighted by molar-refractivity contribution is 5.93. The van der Waals surface area contributed by atoms with Crippen LogP contribution >= 0.6 is 0 Å². The second kappa shape index (κ2) is 8.14. The third-order valence-electron chi connectivity index (χ3n) is 4.62. The Bertz CT molecular complexity index is 709. The largest absolute Gasteiger partial charge is 0.399 e. The number of piperazine rings is 1. The first-order valence-electron chi connectivity index (χ1n) is 8.75. The molecule has 1 aliphatic heterocycles. The van der Waals surface area contributed by atoms with Crippen molar-refractivity contribution in [1.82, 2.24) is 9.80 Å². The maximum Gasteiger partial charge on any atom is 0.238 e. The Balaban J connectivity index is 1.45. The van der Waals surface area contributed by atoms with Gasteiger partial charge in [-0.3, -0.25) is 14.6 Å². The lowest BCUT2D eigenvalue weighted by Gasteiger charge is -2.34. The first-order chi connectivity index (χ1) is 12.1. The minimum atomic E-state index is 0.0187. The van der Waals surface area contributed by atoms with Gasteiger partial charge in [0.25, 0.3) is 0 Å². The molecule has 0 saturated carbocycles. The molecule has 1 saturated heterocycles. The Labute approximate surface area is 149 Å². The number of anilines is 2. The second-order valence-electron chi connectivity index (χ2n) is 6.66. The maximum absolute atomic E-state index is 12.3. The van der Waals surface area contributed by atoms with Gasteiger partial charge >= 0.3 is 0 Å². The number of carbonyl (C=O) groups is 1. The van der Waals surface area contributed by atoms with E-state index in [9.17, 15) is 4.79 Å². The fourth-order valence-corrected chi connectivity index (χ4v) is 3.11. The fraction of sp³-hybridized carbons (Fsp3) is 0.350. The number of nitrogens with one attached hydrogen (secondary N) is 1. The molecule has 0 aromatic heterocycles. The molecule has 0 aliphatic carbocycles. The Hall–Kier alpha value is -2.37. The molecular weight excluding hydrogens is 312 g/mol. The van der Waals surface area contributed by atoms with E-state index in [1.54, 1.807) is 0 Å². The molecule has 132 valence electrons. The van der Waals surface area contributed by atoms with E-state index in [1.807, 2.05) is 31.2 Å². The normalized spacial score (nSPS) is 15.9. The average Bonchev–Trinajstić information content (AvgIpc) is 2.61. The Morgan fingerprint density at radius 3 is 2.44 bits per heavy atom. The van der Waals surface area contributed by atoms with E-state index in [0.717, 1.165) is 44.0 Å². The molecule has 3 N–H and O–H groups in total. The van der Waals surface area contributed by atoms with Crippen molar-refractivity contribution in [1.29, 1.82) is 0 Å². The number of benzene rings is 2. The number of amides is 1. The van der Waals surface area contributed by atoms with E-state index in [4.69, 9.17) is 5.73 Å². The van der Waals surface area contributed by atoms with Gasteiger partial charge in [0.2, 0.25) is 5.91 Å². The number of nitrogens with zero attached hydrogens (tertiary/aromatic N) is 2. The van der Waals surface area contributed by atoms with Crippen LogP contribution in [0, 0.1) is 6.92 Å². The van der Waals surface area contributed by atoms with Crippen molar-refractivity contribution in [2.24, 2.45) is 0 Å². The van der Waals surface area contributed by atoms with E-state index in [-0.39, 0.29) is 5.91 Å². The monoisotopic (exact) mass is 338 g/mol. The third kappa shape index (κ3) is 5.05. The van der Waals surface area contributed by atoms with Crippen LogP contribution in [-0.4, -0.2) is 48.4 Å². The van der Waals surface area contributed by atoms with Gasteiger partial charge in [0, 0.05) is 44.1 Å². The number of carbonyl (C=O) groups excluding carboxylic acids is 1. The molecule has 5 heteroatoms. The van der Waals surface area contributed by atoms with Gasteiger partial charge in [-0.25, -0.2) is 0 Å². The summed E-state index contributed by atoms with van der Waals surface area (Å²) in [5.74, 6) is 0.0187. The molecule has 2 aromatic carbocycles. The number of hydrogen-bond donors (Lipinski definition) is 2. The van der Waals surface area contributed by atoms with Gasteiger partial charge in [0.1, 0.15) is 0 Å². The number of nitrogens with two attached hydrogens (primary N) is 1. The van der Waals surface area contributed by atoms with Crippen LogP contribution in [0.25, 0.3) is 0 Å². The van der Waals surface area contributed by atoms with Crippen molar-refractivity contribution in [2.45, 2.75) is 13.5 Å². The number of rotatable bonds is 5. The highest BCUT2D eigenvalue weighted by atomic mass is 16.2. The summed E-state index contributed by atoms with van der Waals surface area (Å²) in [5.41, 5.74) is 9.62. The number of hydrogen-bond acceptors (Lipinski definition) is 4. The lowest BCUT2D eigenvalue weighted by Crippen LogP contribution is -2.48. The van der Waals surface area contributed by atoms with Crippen LogP contribution in [0.5, 0.6) is 0 Å². The predicted molar refractivity (Wildman–Crippen MR) is 102 cm³/mol. The maximum atomic E-state index is 12.3. The molecule has 1 aliphatic rings. The van der Waals surface area contributed by atoms with E-state index >= 15 is 0 Å². The van der Waals surface area contributed by atoms with E-state index in [0.29, 0.717) is 12.2 Å². The Morgan fingerprint density at radius 2 is 1.72 bits per heavy atom. The summed E-state index contributed by atoms with van der Waals surface area (Å²) >= 11 is 0. The summed E-state index contributed by atoms with van der Waals surface area (Å²) in [4.78, 5) is 17.0. The zero-order valence-corrected chi connectivity index (χ0v) is 14.7. The lowest BCUT2D eigenvalue weighted by atomic mass is 10.2. The molecule has 3 rings (SSSR count). The van der Waals surface area contributed by atoms with Crippen LogP contribution in [0.3, 0.4) is 0 Å². The molecule has 2 aromatic rings. The second-order valence-corrected chi connectivity index (χ2v) is 6.66. The molecule has 5 nitrogen and oxygen atoms in total. The fourth-order valence-electron chi connectivity index (χ4n) is 3.11. The molecular formula is C20H26N4O. The highest BCUT2D eigenvalue weighted by Crippen LogP contribution is 2.18. The highest BCUT2D eigenvalue weighted by Gasteiger charge is 2.19. The molecule has 25 heavy (non-hydrogen) atoms. The van der Waals surface area contributed by atoms with Gasteiger partial charge in [-0.05, 0) is 30.2 Å². The molecule has 1 fully saturated rings. The van der Waals surface area contributed by atoms with Crippen LogP contribution in [0.15, 0.2) is 48.5 Å². The lowest BCUT2D eigenvalue weighted by molar-refractivity contribution is -0.117. The van der Waals surface area contributed by atoms with Crippen LogP contribution in [0.2, 0.25) is 0 Å². The third-order valence-corrected chi connectivity index (χ3v) is 4.62. The molecule has 0 atom stereocenters. The van der Waals surface area contributed by atoms with Gasteiger partial charge in [-0.1, -0.05) is 36.4 Å². The smallest absolute Gasteiger partial charge is 0.238 e. The van der Waals surface area contributed by atoms with Crippen LogP contribution < -0.4 is 11.1 Å². The molecule has 0 unspecified atom stereocenters. The SMILES string of the molecule is Cc1ccc(N)cc1NC(=O)CN1CCN(Cc2ccccc2)CC1. The van der Waals surface area contributed by atoms with Crippen molar-refractivity contribution in [2.75, 3.05) is 43.8 Å². The molecule has 0 spiro atoms. The van der Waals surface area contributed by atoms with Gasteiger partial charge in [-0.2, -0.15) is 0 Å². The molecule has 1 amide bonds. The van der Waals surface area contributed by atoms with Crippen molar-refractivity contribution >= 4 is 17.3 Å². The van der Waals surface area contributed by atoms with E-state index < -0.39 is 0 Å². The van der Waals surface area contributed by atoms with Gasteiger partial charge in [0.15, 0.2) is 0 Å².